The van der Waals surface area contributed by atoms with Gasteiger partial charge in [-0.15, -0.1) is 0 Å². The van der Waals surface area contributed by atoms with Gasteiger partial charge < -0.3 is 24.6 Å². The van der Waals surface area contributed by atoms with Gasteiger partial charge in [0.15, 0.2) is 11.5 Å². The third kappa shape index (κ3) is 4.42. The summed E-state index contributed by atoms with van der Waals surface area (Å²) in [5.74, 6) is -0.710. The molecule has 2 heterocycles. The van der Waals surface area contributed by atoms with Crippen LogP contribution < -0.4 is 9.47 Å². The van der Waals surface area contributed by atoms with E-state index in [-0.39, 0.29) is 23.6 Å². The smallest absolute Gasteiger partial charge is 0.295 e. The number of Topliss-reactive ketones (excluding diaryl/α,β-unsaturated/α-hetero) is 1. The van der Waals surface area contributed by atoms with Gasteiger partial charge in [-0.25, -0.2) is 0 Å². The second kappa shape index (κ2) is 9.35. The van der Waals surface area contributed by atoms with Gasteiger partial charge >= 0.3 is 0 Å². The Morgan fingerprint density at radius 1 is 0.943 bits per heavy atom. The van der Waals surface area contributed by atoms with Gasteiger partial charge in [-0.3, -0.25) is 9.59 Å². The second-order valence-corrected chi connectivity index (χ2v) is 8.76. The molecule has 1 unspecified atom stereocenters. The summed E-state index contributed by atoms with van der Waals surface area (Å²) in [5.41, 5.74) is 1.87. The molecule has 178 valence electrons. The Bertz CT molecular complexity index is 1320. The number of hydrogen-bond acceptors (Lipinski definition) is 6. The van der Waals surface area contributed by atoms with Crippen molar-refractivity contribution in [3.05, 3.63) is 94.0 Å². The van der Waals surface area contributed by atoms with E-state index in [0.29, 0.717) is 47.3 Å². The van der Waals surface area contributed by atoms with Crippen LogP contribution in [0.25, 0.3) is 5.76 Å². The molecule has 0 aromatic heterocycles. The molecule has 0 bridgehead atoms. The summed E-state index contributed by atoms with van der Waals surface area (Å²) in [6, 6.07) is 17.6. The first-order chi connectivity index (χ1) is 16.9. The number of halogens is 1. The van der Waals surface area contributed by atoms with Crippen molar-refractivity contribution in [3.63, 3.8) is 0 Å². The molecular formula is C27H22ClNO6. The molecule has 8 heteroatoms. The van der Waals surface area contributed by atoms with Crippen molar-refractivity contribution in [2.75, 3.05) is 19.8 Å². The molecule has 1 amide bonds. The predicted molar refractivity (Wildman–Crippen MR) is 130 cm³/mol. The highest BCUT2D eigenvalue weighted by atomic mass is 35.5. The van der Waals surface area contributed by atoms with Crippen LogP contribution in [0, 0.1) is 0 Å². The average Bonchev–Trinajstić information content (AvgIpc) is 3.13. The summed E-state index contributed by atoms with van der Waals surface area (Å²) in [6.07, 6.45) is 0.489. The van der Waals surface area contributed by atoms with Crippen LogP contribution in [0.4, 0.5) is 0 Å². The number of phenolic OH excluding ortho intramolecular Hbond substituents is 1. The molecule has 0 aliphatic carbocycles. The van der Waals surface area contributed by atoms with Gasteiger partial charge in [0, 0.05) is 17.1 Å². The number of ether oxygens (including phenoxy) is 2. The van der Waals surface area contributed by atoms with Gasteiger partial charge in [0.1, 0.15) is 24.7 Å². The van der Waals surface area contributed by atoms with E-state index in [1.165, 1.54) is 17.0 Å². The van der Waals surface area contributed by atoms with Crippen LogP contribution in [0.15, 0.2) is 72.3 Å². The lowest BCUT2D eigenvalue weighted by Gasteiger charge is -2.25. The van der Waals surface area contributed by atoms with Crippen LogP contribution in [0.2, 0.25) is 5.02 Å². The Kier molecular flexibility index (Phi) is 6.09. The third-order valence-corrected chi connectivity index (χ3v) is 6.37. The summed E-state index contributed by atoms with van der Waals surface area (Å²) in [6.45, 7) is 1.05. The number of hydrogen-bond donors (Lipinski definition) is 2. The van der Waals surface area contributed by atoms with Crippen LogP contribution in [0.3, 0.4) is 0 Å². The van der Waals surface area contributed by atoms with Crippen molar-refractivity contribution >= 4 is 29.1 Å². The van der Waals surface area contributed by atoms with Crippen molar-refractivity contribution in [2.24, 2.45) is 0 Å². The zero-order valence-electron chi connectivity index (χ0n) is 18.6. The number of ketones is 1. The molecule has 0 saturated carbocycles. The molecule has 3 aromatic rings. The highest BCUT2D eigenvalue weighted by Crippen LogP contribution is 2.41. The SMILES string of the molecule is O=C1C(=O)N(CCc2ccc(Cl)cc2)C(c2ccc(O)cc2)/C1=C(/O)c1ccc2c(c1)OCCO2. The van der Waals surface area contributed by atoms with Gasteiger partial charge in [0.05, 0.1) is 11.6 Å². The minimum absolute atomic E-state index is 0.0199. The lowest BCUT2D eigenvalue weighted by Crippen LogP contribution is -2.31. The Balaban J connectivity index is 1.55. The fourth-order valence-corrected chi connectivity index (χ4v) is 4.49. The standard InChI is InChI=1S/C27H22ClNO6/c28-19-6-1-16(2-7-19)11-12-29-24(17-3-8-20(30)9-4-17)23(26(32)27(29)33)25(31)18-5-10-21-22(15-18)35-14-13-34-21/h1-10,15,24,30-31H,11-14H2/b25-23-. The normalized spacial score (nSPS) is 18.7. The van der Waals surface area contributed by atoms with Gasteiger partial charge in [0.25, 0.3) is 11.7 Å². The molecule has 2 aliphatic heterocycles. The number of amides is 1. The zero-order valence-corrected chi connectivity index (χ0v) is 19.4. The highest BCUT2D eigenvalue weighted by Gasteiger charge is 2.45. The molecular weight excluding hydrogens is 470 g/mol. The number of aromatic hydroxyl groups is 1. The first-order valence-corrected chi connectivity index (χ1v) is 11.5. The molecule has 0 spiro atoms. The quantitative estimate of drug-likeness (QED) is 0.310. The summed E-state index contributed by atoms with van der Waals surface area (Å²) in [5, 5.41) is 21.6. The largest absolute Gasteiger partial charge is 0.508 e. The van der Waals surface area contributed by atoms with E-state index < -0.39 is 17.7 Å². The minimum Gasteiger partial charge on any atom is -0.508 e. The van der Waals surface area contributed by atoms with Crippen molar-refractivity contribution in [1.29, 1.82) is 0 Å². The van der Waals surface area contributed by atoms with E-state index in [4.69, 9.17) is 21.1 Å². The van der Waals surface area contributed by atoms with Crippen LogP contribution in [0.5, 0.6) is 17.2 Å². The van der Waals surface area contributed by atoms with Crippen molar-refractivity contribution in [3.8, 4) is 17.2 Å². The summed E-state index contributed by atoms with van der Waals surface area (Å²) in [4.78, 5) is 27.8. The minimum atomic E-state index is -0.823. The van der Waals surface area contributed by atoms with Crippen molar-refractivity contribution in [2.45, 2.75) is 12.5 Å². The van der Waals surface area contributed by atoms with E-state index in [2.05, 4.69) is 0 Å². The lowest BCUT2D eigenvalue weighted by atomic mass is 9.95. The molecule has 2 N–H and O–H groups in total. The van der Waals surface area contributed by atoms with E-state index >= 15 is 0 Å². The van der Waals surface area contributed by atoms with E-state index in [1.807, 2.05) is 12.1 Å². The number of rotatable bonds is 5. The Labute approximate surface area is 206 Å². The molecule has 3 aromatic carbocycles. The van der Waals surface area contributed by atoms with Gasteiger partial charge in [-0.2, -0.15) is 0 Å². The maximum Gasteiger partial charge on any atom is 0.295 e. The molecule has 5 rings (SSSR count). The van der Waals surface area contributed by atoms with Crippen LogP contribution in [0.1, 0.15) is 22.7 Å². The van der Waals surface area contributed by atoms with E-state index in [1.54, 1.807) is 42.5 Å². The van der Waals surface area contributed by atoms with Crippen LogP contribution >= 0.6 is 11.6 Å². The average molecular weight is 492 g/mol. The highest BCUT2D eigenvalue weighted by molar-refractivity contribution is 6.46. The maximum absolute atomic E-state index is 13.2. The first kappa shape index (κ1) is 22.8. The Hall–Kier alpha value is -3.97. The third-order valence-electron chi connectivity index (χ3n) is 6.12. The molecule has 35 heavy (non-hydrogen) atoms. The summed E-state index contributed by atoms with van der Waals surface area (Å²) < 4.78 is 11.1. The summed E-state index contributed by atoms with van der Waals surface area (Å²) >= 11 is 5.97. The molecule has 7 nitrogen and oxygen atoms in total. The fourth-order valence-electron chi connectivity index (χ4n) is 4.36. The molecule has 0 radical (unpaired) electrons. The number of aliphatic hydroxyl groups excluding tert-OH is 1. The molecule has 2 aliphatic rings. The zero-order chi connectivity index (χ0) is 24.5. The van der Waals surface area contributed by atoms with E-state index in [0.717, 1.165) is 5.56 Å². The number of fused-ring (bicyclic) bond motifs is 1. The number of nitrogens with zero attached hydrogens (tertiary/aromatic N) is 1. The Morgan fingerprint density at radius 2 is 1.63 bits per heavy atom. The number of carbonyl (C=O) groups is 2. The van der Waals surface area contributed by atoms with E-state index in [9.17, 15) is 19.8 Å². The number of phenols is 1. The lowest BCUT2D eigenvalue weighted by molar-refractivity contribution is -0.139. The summed E-state index contributed by atoms with van der Waals surface area (Å²) in [7, 11) is 0. The number of aliphatic hydroxyl groups is 1. The molecule has 1 fully saturated rings. The number of benzene rings is 3. The van der Waals surface area contributed by atoms with Crippen molar-refractivity contribution < 1.29 is 29.3 Å². The fraction of sp³-hybridized carbons (Fsp3) is 0.185. The molecule has 1 saturated heterocycles. The first-order valence-electron chi connectivity index (χ1n) is 11.1. The predicted octanol–water partition coefficient (Wildman–Crippen LogP) is 4.48. The van der Waals surface area contributed by atoms with Gasteiger partial charge in [-0.1, -0.05) is 35.9 Å². The number of likely N-dealkylation sites (tertiary alicyclic amines) is 1. The van der Waals surface area contributed by atoms with Gasteiger partial charge in [0.2, 0.25) is 0 Å². The molecule has 1 atom stereocenters. The monoisotopic (exact) mass is 491 g/mol. The number of carbonyl (C=O) groups excluding carboxylic acids is 2. The van der Waals surface area contributed by atoms with Crippen LogP contribution in [-0.4, -0.2) is 46.6 Å². The maximum atomic E-state index is 13.2. The Morgan fingerprint density at radius 3 is 2.34 bits per heavy atom. The van der Waals surface area contributed by atoms with Crippen LogP contribution in [-0.2, 0) is 16.0 Å². The topological polar surface area (TPSA) is 96.3 Å². The second-order valence-electron chi connectivity index (χ2n) is 8.32. The van der Waals surface area contributed by atoms with Crippen molar-refractivity contribution in [1.82, 2.24) is 4.90 Å². The van der Waals surface area contributed by atoms with Gasteiger partial charge in [-0.05, 0) is 60.0 Å².